The molecule has 0 saturated carbocycles. The van der Waals surface area contributed by atoms with E-state index in [1.807, 2.05) is 19.1 Å². The molecule has 1 aromatic rings. The molecule has 0 atom stereocenters. The predicted molar refractivity (Wildman–Crippen MR) is 119 cm³/mol. The number of hydrogen-bond acceptors (Lipinski definition) is 5. The van der Waals surface area contributed by atoms with E-state index in [2.05, 4.69) is 36.9 Å². The minimum Gasteiger partial charge on any atom is -0.462 e. The van der Waals surface area contributed by atoms with Gasteiger partial charge in [-0.25, -0.2) is 0 Å². The maximum absolute atomic E-state index is 11.8. The van der Waals surface area contributed by atoms with Gasteiger partial charge in [0.25, 0.3) is 0 Å². The topological polar surface area (TPSA) is 62.6 Å². The third-order valence-corrected chi connectivity index (χ3v) is 5.08. The van der Waals surface area contributed by atoms with Crippen LogP contribution in [0.2, 0.25) is 0 Å². The van der Waals surface area contributed by atoms with Crippen LogP contribution in [0.25, 0.3) is 5.57 Å². The summed E-state index contributed by atoms with van der Waals surface area (Å²) in [6.45, 7) is 11.3. The minimum atomic E-state index is -0.274. The van der Waals surface area contributed by atoms with Crippen molar-refractivity contribution in [3.05, 3.63) is 76.5 Å². The molecule has 3 rings (SSSR count). The van der Waals surface area contributed by atoms with Crippen LogP contribution in [0, 0.1) is 11.3 Å². The van der Waals surface area contributed by atoms with Crippen molar-refractivity contribution in [2.45, 2.75) is 34.6 Å². The maximum Gasteiger partial charge on any atom is 0.170 e. The van der Waals surface area contributed by atoms with Gasteiger partial charge < -0.3 is 14.4 Å². The molecule has 1 aromatic carbocycles. The van der Waals surface area contributed by atoms with Crippen molar-refractivity contribution in [3.63, 3.8) is 0 Å². The quantitative estimate of drug-likeness (QED) is 0.485. The molecule has 30 heavy (non-hydrogen) atoms. The number of fused-ring (bicyclic) bond motifs is 1. The number of nitrogens with zero attached hydrogens (tertiary/aromatic N) is 2. The Morgan fingerprint density at radius 3 is 2.50 bits per heavy atom. The van der Waals surface area contributed by atoms with Gasteiger partial charge in [0.05, 0.1) is 0 Å². The van der Waals surface area contributed by atoms with Crippen LogP contribution in [-0.2, 0) is 9.53 Å². The zero-order valence-corrected chi connectivity index (χ0v) is 18.1. The van der Waals surface area contributed by atoms with E-state index in [0.29, 0.717) is 22.9 Å². The van der Waals surface area contributed by atoms with E-state index in [9.17, 15) is 10.1 Å². The van der Waals surface area contributed by atoms with Crippen molar-refractivity contribution in [2.24, 2.45) is 0 Å². The average Bonchev–Trinajstić information content (AvgIpc) is 2.68. The molecule has 0 aromatic heterocycles. The molecular formula is C25H26N2O3. The Balaban J connectivity index is 1.98. The molecule has 0 aliphatic carbocycles. The first kappa shape index (κ1) is 21.2. The summed E-state index contributed by atoms with van der Waals surface area (Å²) in [6, 6.07) is 8.24. The third kappa shape index (κ3) is 4.38. The lowest BCUT2D eigenvalue weighted by Gasteiger charge is -2.25. The fourth-order valence-corrected chi connectivity index (χ4v) is 3.59. The second-order valence-corrected chi connectivity index (χ2v) is 7.23. The number of ether oxygens (including phenoxy) is 2. The van der Waals surface area contributed by atoms with Crippen LogP contribution < -0.4 is 9.64 Å². The predicted octanol–water partition coefficient (Wildman–Crippen LogP) is 5.44. The summed E-state index contributed by atoms with van der Waals surface area (Å²) < 4.78 is 11.9. The van der Waals surface area contributed by atoms with Crippen molar-refractivity contribution >= 4 is 17.0 Å². The van der Waals surface area contributed by atoms with Crippen molar-refractivity contribution in [1.29, 1.82) is 5.26 Å². The van der Waals surface area contributed by atoms with Gasteiger partial charge in [0, 0.05) is 42.1 Å². The van der Waals surface area contributed by atoms with E-state index in [1.54, 1.807) is 25.2 Å². The van der Waals surface area contributed by atoms with Gasteiger partial charge in [-0.05, 0) is 70.6 Å². The Kier molecular flexibility index (Phi) is 6.27. The molecule has 0 amide bonds. The first-order valence-electron chi connectivity index (χ1n) is 10.1. The van der Waals surface area contributed by atoms with Crippen LogP contribution >= 0.6 is 0 Å². The Bertz CT molecular complexity index is 1070. The number of carbonyl (C=O) groups excluding carboxylic acids is 1. The number of nitriles is 1. The second-order valence-electron chi connectivity index (χ2n) is 7.23. The summed E-state index contributed by atoms with van der Waals surface area (Å²) in [7, 11) is 0. The van der Waals surface area contributed by atoms with Crippen LogP contribution in [0.1, 0.15) is 40.2 Å². The standard InChI is InChI=1S/C25H26N2O3/c1-6-27(7-2)20-8-9-23-16(3)10-21(30-25(23)13-20)14-22-12-19(11-17(4)29-22)24(15-26)18(5)28/h8-14H,6-7H2,1-5H3/b21-14+,24-19-. The first-order chi connectivity index (χ1) is 14.4. The van der Waals surface area contributed by atoms with Gasteiger partial charge in [-0.15, -0.1) is 0 Å². The summed E-state index contributed by atoms with van der Waals surface area (Å²) >= 11 is 0. The van der Waals surface area contributed by atoms with Crippen LogP contribution in [0.15, 0.2) is 70.9 Å². The first-order valence-corrected chi connectivity index (χ1v) is 10.1. The smallest absolute Gasteiger partial charge is 0.170 e. The van der Waals surface area contributed by atoms with Crippen molar-refractivity contribution in [3.8, 4) is 11.8 Å². The molecule has 0 saturated heterocycles. The number of allylic oxidation sites excluding steroid dienone is 8. The van der Waals surface area contributed by atoms with Crippen molar-refractivity contribution in [2.75, 3.05) is 18.0 Å². The Morgan fingerprint density at radius 1 is 1.13 bits per heavy atom. The van der Waals surface area contributed by atoms with Crippen LogP contribution in [0.5, 0.6) is 5.75 Å². The van der Waals surface area contributed by atoms with Gasteiger partial charge in [0.1, 0.15) is 34.7 Å². The molecular weight excluding hydrogens is 376 g/mol. The van der Waals surface area contributed by atoms with Gasteiger partial charge in [-0.1, -0.05) is 0 Å². The molecule has 0 fully saturated rings. The highest BCUT2D eigenvalue weighted by molar-refractivity contribution is 5.99. The Morgan fingerprint density at radius 2 is 1.87 bits per heavy atom. The second kappa shape index (κ2) is 8.87. The number of benzene rings is 1. The lowest BCUT2D eigenvalue weighted by molar-refractivity contribution is -0.113. The summed E-state index contributed by atoms with van der Waals surface area (Å²) in [5.74, 6) is 2.28. The fourth-order valence-electron chi connectivity index (χ4n) is 3.59. The third-order valence-electron chi connectivity index (χ3n) is 5.08. The highest BCUT2D eigenvalue weighted by Crippen LogP contribution is 2.37. The number of carbonyl (C=O) groups is 1. The molecule has 0 spiro atoms. The maximum atomic E-state index is 11.8. The SMILES string of the molecule is CCN(CC)c1ccc2c(c1)O/C(=C/C1=CC(=C(/C#N)C(C)=O)/C=C(C)O1)C=C2C. The lowest BCUT2D eigenvalue weighted by atomic mass is 10.0. The van der Waals surface area contributed by atoms with Gasteiger partial charge in [0.15, 0.2) is 5.78 Å². The number of Topliss-reactive ketones (excluding diaryl/α,β-unsaturated/α-hetero) is 1. The van der Waals surface area contributed by atoms with E-state index in [1.165, 1.54) is 6.92 Å². The number of rotatable bonds is 5. The molecule has 0 radical (unpaired) electrons. The van der Waals surface area contributed by atoms with Gasteiger partial charge in [-0.2, -0.15) is 5.26 Å². The van der Waals surface area contributed by atoms with Crippen LogP contribution in [0.4, 0.5) is 5.69 Å². The minimum absolute atomic E-state index is 0.110. The van der Waals surface area contributed by atoms with Gasteiger partial charge >= 0.3 is 0 Å². The molecule has 0 bridgehead atoms. The zero-order chi connectivity index (χ0) is 21.8. The molecule has 2 aliphatic heterocycles. The monoisotopic (exact) mass is 402 g/mol. The van der Waals surface area contributed by atoms with E-state index in [0.717, 1.165) is 35.7 Å². The van der Waals surface area contributed by atoms with Crippen molar-refractivity contribution in [1.82, 2.24) is 0 Å². The van der Waals surface area contributed by atoms with Crippen molar-refractivity contribution < 1.29 is 14.3 Å². The number of hydrogen-bond donors (Lipinski definition) is 0. The molecule has 5 nitrogen and oxygen atoms in total. The van der Waals surface area contributed by atoms with E-state index in [-0.39, 0.29) is 11.4 Å². The number of anilines is 1. The normalized spacial score (nSPS) is 18.1. The fraction of sp³-hybridized carbons (Fsp3) is 0.280. The summed E-state index contributed by atoms with van der Waals surface area (Å²) in [4.78, 5) is 14.0. The van der Waals surface area contributed by atoms with Gasteiger partial charge in [-0.3, -0.25) is 4.79 Å². The van der Waals surface area contributed by atoms with Crippen LogP contribution in [0.3, 0.4) is 0 Å². The highest BCUT2D eigenvalue weighted by Gasteiger charge is 2.18. The summed E-state index contributed by atoms with van der Waals surface area (Å²) in [5, 5.41) is 9.32. The molecule has 2 aliphatic rings. The summed E-state index contributed by atoms with van der Waals surface area (Å²) in [5.41, 5.74) is 3.92. The van der Waals surface area contributed by atoms with E-state index >= 15 is 0 Å². The molecule has 5 heteroatoms. The Hall–Kier alpha value is -3.52. The molecule has 154 valence electrons. The molecule has 0 unspecified atom stereocenters. The van der Waals surface area contributed by atoms with Crippen LogP contribution in [-0.4, -0.2) is 18.9 Å². The largest absolute Gasteiger partial charge is 0.462 e. The highest BCUT2D eigenvalue weighted by atomic mass is 16.5. The van der Waals surface area contributed by atoms with E-state index < -0.39 is 0 Å². The number of ketones is 1. The zero-order valence-electron chi connectivity index (χ0n) is 18.1. The van der Waals surface area contributed by atoms with Gasteiger partial charge in [0.2, 0.25) is 0 Å². The summed E-state index contributed by atoms with van der Waals surface area (Å²) in [6.07, 6.45) is 7.11. The molecule has 0 N–H and O–H groups in total. The molecule has 2 heterocycles. The van der Waals surface area contributed by atoms with E-state index in [4.69, 9.17) is 9.47 Å². The Labute approximate surface area is 177 Å². The lowest BCUT2D eigenvalue weighted by Crippen LogP contribution is -2.21. The average molecular weight is 402 g/mol.